The lowest BCUT2D eigenvalue weighted by Crippen LogP contribution is -2.46. The number of para-hydroxylation sites is 1. The van der Waals surface area contributed by atoms with Crippen LogP contribution in [-0.2, 0) is 14.9 Å². The third-order valence-corrected chi connectivity index (χ3v) is 6.02. The highest BCUT2D eigenvalue weighted by atomic mass is 16.5. The lowest BCUT2D eigenvalue weighted by Gasteiger charge is -2.23. The number of H-pyrrole nitrogens is 1. The number of Topliss-reactive ketones (excluding diaryl/α,β-unsaturated/α-hetero) is 1. The molecule has 6 nitrogen and oxygen atoms in total. The van der Waals surface area contributed by atoms with E-state index in [1.54, 1.807) is 19.1 Å². The zero-order chi connectivity index (χ0) is 25.2. The molecule has 0 aliphatic rings. The Morgan fingerprint density at radius 3 is 2.15 bits per heavy atom. The number of aryl methyl sites for hydroxylation is 1. The van der Waals surface area contributed by atoms with Gasteiger partial charge in [-0.1, -0.05) is 65.0 Å². The molecule has 2 N–H and O–H groups in total. The molecule has 2 aromatic carbocycles. The lowest BCUT2D eigenvalue weighted by molar-refractivity contribution is -0.149. The second kappa shape index (κ2) is 9.84. The Morgan fingerprint density at radius 1 is 0.941 bits per heavy atom. The van der Waals surface area contributed by atoms with Crippen LogP contribution in [0.5, 0.6) is 0 Å². The van der Waals surface area contributed by atoms with Crippen LogP contribution in [0.25, 0.3) is 10.9 Å². The first-order chi connectivity index (χ1) is 15.9. The average molecular weight is 463 g/mol. The first-order valence-corrected chi connectivity index (χ1v) is 11.6. The Kier molecular flexibility index (Phi) is 7.29. The molecule has 0 saturated carbocycles. The van der Waals surface area contributed by atoms with E-state index in [0.29, 0.717) is 11.1 Å². The summed E-state index contributed by atoms with van der Waals surface area (Å²) >= 11 is 0. The van der Waals surface area contributed by atoms with Gasteiger partial charge in [-0.05, 0) is 48.9 Å². The van der Waals surface area contributed by atoms with Crippen molar-refractivity contribution < 1.29 is 19.1 Å². The van der Waals surface area contributed by atoms with Crippen molar-refractivity contribution in [3.8, 4) is 0 Å². The standard InChI is InChI=1S/C28H34N2O4/c1-16(2)24(30-26(32)19-12-14-20(15-13-19)28(5,6)7)27(33)34-18(4)25(31)23-17(3)29-22-11-9-8-10-21(22)23/h8-16,18,24,29H,1-7H3,(H,30,32). The number of aromatic amines is 1. The number of amides is 1. The molecule has 2 unspecified atom stereocenters. The van der Waals surface area contributed by atoms with Crippen molar-refractivity contribution in [1.82, 2.24) is 10.3 Å². The molecule has 0 spiro atoms. The number of ketones is 1. The number of ether oxygens (including phenoxy) is 1. The summed E-state index contributed by atoms with van der Waals surface area (Å²) in [6.45, 7) is 13.3. The molecule has 0 radical (unpaired) electrons. The normalized spacial score (nSPS) is 13.5. The van der Waals surface area contributed by atoms with Gasteiger partial charge < -0.3 is 15.0 Å². The number of rotatable bonds is 7. The molecule has 2 atom stereocenters. The highest BCUT2D eigenvalue weighted by Gasteiger charge is 2.31. The molecule has 0 aliphatic carbocycles. The van der Waals surface area contributed by atoms with E-state index >= 15 is 0 Å². The SMILES string of the molecule is Cc1[nH]c2ccccc2c1C(=O)C(C)OC(=O)C(NC(=O)c1ccc(C(C)(C)C)cc1)C(C)C. The quantitative estimate of drug-likeness (QED) is 0.366. The minimum absolute atomic E-state index is 0.0227. The molecule has 3 aromatic rings. The second-order valence-electron chi connectivity index (χ2n) is 10.1. The molecule has 34 heavy (non-hydrogen) atoms. The number of carbonyl (C=O) groups is 3. The predicted molar refractivity (Wildman–Crippen MR) is 134 cm³/mol. The maximum Gasteiger partial charge on any atom is 0.329 e. The van der Waals surface area contributed by atoms with Gasteiger partial charge in [-0.2, -0.15) is 0 Å². The van der Waals surface area contributed by atoms with Gasteiger partial charge in [0.1, 0.15) is 6.04 Å². The Bertz CT molecular complexity index is 1200. The summed E-state index contributed by atoms with van der Waals surface area (Å²) in [7, 11) is 0. The second-order valence-corrected chi connectivity index (χ2v) is 10.1. The van der Waals surface area contributed by atoms with E-state index < -0.39 is 18.1 Å². The highest BCUT2D eigenvalue weighted by molar-refractivity contribution is 6.11. The molecule has 1 aromatic heterocycles. The van der Waals surface area contributed by atoms with Gasteiger partial charge in [0.25, 0.3) is 5.91 Å². The number of aromatic nitrogens is 1. The van der Waals surface area contributed by atoms with Crippen LogP contribution in [0.2, 0.25) is 0 Å². The Labute approximate surface area is 201 Å². The van der Waals surface area contributed by atoms with Gasteiger partial charge in [-0.3, -0.25) is 9.59 Å². The molecule has 1 heterocycles. The first kappa shape index (κ1) is 25.2. The van der Waals surface area contributed by atoms with Crippen LogP contribution in [0, 0.1) is 12.8 Å². The Balaban J connectivity index is 1.72. The molecule has 0 bridgehead atoms. The van der Waals surface area contributed by atoms with Gasteiger partial charge >= 0.3 is 5.97 Å². The molecule has 180 valence electrons. The van der Waals surface area contributed by atoms with Gasteiger partial charge in [0.05, 0.1) is 0 Å². The number of fused-ring (bicyclic) bond motifs is 1. The van der Waals surface area contributed by atoms with E-state index in [-0.39, 0.29) is 23.0 Å². The van der Waals surface area contributed by atoms with E-state index in [9.17, 15) is 14.4 Å². The van der Waals surface area contributed by atoms with Crippen LogP contribution < -0.4 is 5.32 Å². The zero-order valence-corrected chi connectivity index (χ0v) is 21.0. The maximum atomic E-state index is 13.1. The van der Waals surface area contributed by atoms with Crippen LogP contribution in [0.3, 0.4) is 0 Å². The zero-order valence-electron chi connectivity index (χ0n) is 21.0. The number of nitrogens with one attached hydrogen (secondary N) is 2. The van der Waals surface area contributed by atoms with Gasteiger partial charge in [0.15, 0.2) is 6.10 Å². The van der Waals surface area contributed by atoms with Crippen molar-refractivity contribution >= 4 is 28.6 Å². The first-order valence-electron chi connectivity index (χ1n) is 11.6. The summed E-state index contributed by atoms with van der Waals surface area (Å²) in [4.78, 5) is 42.1. The largest absolute Gasteiger partial charge is 0.453 e. The van der Waals surface area contributed by atoms with Crippen molar-refractivity contribution in [3.63, 3.8) is 0 Å². The third-order valence-electron chi connectivity index (χ3n) is 6.02. The van der Waals surface area contributed by atoms with Crippen LogP contribution >= 0.6 is 0 Å². The topological polar surface area (TPSA) is 88.3 Å². The van der Waals surface area contributed by atoms with E-state index in [4.69, 9.17) is 4.74 Å². The summed E-state index contributed by atoms with van der Waals surface area (Å²) in [6.07, 6.45) is -0.991. The van der Waals surface area contributed by atoms with Crippen molar-refractivity contribution in [1.29, 1.82) is 0 Å². The molecular formula is C28H34N2O4. The number of hydrogen-bond donors (Lipinski definition) is 2. The van der Waals surface area contributed by atoms with Gasteiger partial charge in [-0.25, -0.2) is 4.79 Å². The van der Waals surface area contributed by atoms with Crippen molar-refractivity contribution in [2.24, 2.45) is 5.92 Å². The molecule has 0 saturated heterocycles. The minimum Gasteiger partial charge on any atom is -0.453 e. The monoisotopic (exact) mass is 462 g/mol. The van der Waals surface area contributed by atoms with E-state index in [1.165, 1.54) is 0 Å². The molecule has 0 aliphatic heterocycles. The number of benzene rings is 2. The fraction of sp³-hybridized carbons (Fsp3) is 0.393. The Hall–Kier alpha value is -3.41. The van der Waals surface area contributed by atoms with Gasteiger partial charge in [0.2, 0.25) is 5.78 Å². The summed E-state index contributed by atoms with van der Waals surface area (Å²) in [6, 6.07) is 14.0. The molecule has 1 amide bonds. The lowest BCUT2D eigenvalue weighted by atomic mass is 9.86. The summed E-state index contributed by atoms with van der Waals surface area (Å²) in [5.41, 5.74) is 3.65. The van der Waals surface area contributed by atoms with Gasteiger partial charge in [-0.15, -0.1) is 0 Å². The Morgan fingerprint density at radius 2 is 1.56 bits per heavy atom. The van der Waals surface area contributed by atoms with Gasteiger partial charge in [0, 0.05) is 27.7 Å². The fourth-order valence-corrected chi connectivity index (χ4v) is 3.94. The van der Waals surface area contributed by atoms with Crippen LogP contribution in [-0.4, -0.2) is 34.8 Å². The highest BCUT2D eigenvalue weighted by Crippen LogP contribution is 2.25. The summed E-state index contributed by atoms with van der Waals surface area (Å²) < 4.78 is 5.55. The maximum absolute atomic E-state index is 13.1. The van der Waals surface area contributed by atoms with E-state index in [1.807, 2.05) is 57.2 Å². The fourth-order valence-electron chi connectivity index (χ4n) is 3.94. The molecule has 0 fully saturated rings. The molecular weight excluding hydrogens is 428 g/mol. The van der Waals surface area contributed by atoms with Crippen LogP contribution in [0.15, 0.2) is 48.5 Å². The summed E-state index contributed by atoms with van der Waals surface area (Å²) in [5.74, 6) is -1.49. The van der Waals surface area contributed by atoms with Crippen molar-refractivity contribution in [2.45, 2.75) is 66.0 Å². The summed E-state index contributed by atoms with van der Waals surface area (Å²) in [5, 5.41) is 3.57. The van der Waals surface area contributed by atoms with Crippen molar-refractivity contribution in [3.05, 3.63) is 70.9 Å². The third kappa shape index (κ3) is 5.38. The molecule has 6 heteroatoms. The predicted octanol–water partition coefficient (Wildman–Crippen LogP) is 5.34. The minimum atomic E-state index is -0.991. The average Bonchev–Trinajstić information content (AvgIpc) is 3.11. The molecule has 3 rings (SSSR count). The smallest absolute Gasteiger partial charge is 0.329 e. The van der Waals surface area contributed by atoms with Crippen molar-refractivity contribution in [2.75, 3.05) is 0 Å². The van der Waals surface area contributed by atoms with Crippen LogP contribution in [0.1, 0.15) is 73.5 Å². The van der Waals surface area contributed by atoms with Crippen LogP contribution in [0.4, 0.5) is 0 Å². The van der Waals surface area contributed by atoms with E-state index in [0.717, 1.165) is 22.2 Å². The van der Waals surface area contributed by atoms with E-state index in [2.05, 4.69) is 31.1 Å². The number of hydrogen-bond acceptors (Lipinski definition) is 4. The number of carbonyl (C=O) groups excluding carboxylic acids is 3. The number of esters is 1.